The lowest BCUT2D eigenvalue weighted by molar-refractivity contribution is 0.0838. The van der Waals surface area contributed by atoms with E-state index in [0.717, 1.165) is 19.3 Å². The van der Waals surface area contributed by atoms with Crippen molar-refractivity contribution in [3.63, 3.8) is 0 Å². The van der Waals surface area contributed by atoms with Gasteiger partial charge in [-0.25, -0.2) is 0 Å². The lowest BCUT2D eigenvalue weighted by Gasteiger charge is -2.26. The summed E-state index contributed by atoms with van der Waals surface area (Å²) < 4.78 is 11.0. The van der Waals surface area contributed by atoms with E-state index >= 15 is 0 Å². The zero-order chi connectivity index (χ0) is 14.3. The van der Waals surface area contributed by atoms with Gasteiger partial charge in [0.1, 0.15) is 13.2 Å². The van der Waals surface area contributed by atoms with Gasteiger partial charge in [0.15, 0.2) is 17.3 Å². The van der Waals surface area contributed by atoms with Crippen LogP contribution in [0.1, 0.15) is 43.5 Å². The van der Waals surface area contributed by atoms with E-state index < -0.39 is 0 Å². The van der Waals surface area contributed by atoms with Crippen molar-refractivity contribution in [1.82, 2.24) is 0 Å². The molecule has 3 rings (SSSR count). The molecule has 20 heavy (non-hydrogen) atoms. The van der Waals surface area contributed by atoms with Gasteiger partial charge >= 0.3 is 0 Å². The van der Waals surface area contributed by atoms with Crippen molar-refractivity contribution in [3.05, 3.63) is 22.7 Å². The molecule has 1 saturated carbocycles. The highest BCUT2D eigenvalue weighted by Gasteiger charge is 2.40. The number of hydrogen-bond acceptors (Lipinski definition) is 3. The van der Waals surface area contributed by atoms with Crippen LogP contribution in [0.25, 0.3) is 0 Å². The Balaban J connectivity index is 1.95. The lowest BCUT2D eigenvalue weighted by atomic mass is 9.77. The Kier molecular flexibility index (Phi) is 3.41. The lowest BCUT2D eigenvalue weighted by Crippen LogP contribution is -2.26. The van der Waals surface area contributed by atoms with Crippen molar-refractivity contribution >= 4 is 17.4 Å². The van der Waals surface area contributed by atoms with Crippen LogP contribution >= 0.6 is 11.6 Å². The summed E-state index contributed by atoms with van der Waals surface area (Å²) in [6.45, 7) is 5.35. The van der Waals surface area contributed by atoms with Crippen LogP contribution < -0.4 is 9.47 Å². The summed E-state index contributed by atoms with van der Waals surface area (Å²) in [5.41, 5.74) is 0.615. The molecule has 0 radical (unpaired) electrons. The Labute approximate surface area is 124 Å². The van der Waals surface area contributed by atoms with E-state index in [1.807, 2.05) is 0 Å². The summed E-state index contributed by atoms with van der Waals surface area (Å²) in [5.74, 6) is 1.43. The van der Waals surface area contributed by atoms with Gasteiger partial charge in [-0.2, -0.15) is 0 Å². The first kappa shape index (κ1) is 13.7. The molecule has 1 aliphatic carbocycles. The number of carbonyl (C=O) groups is 1. The van der Waals surface area contributed by atoms with Crippen molar-refractivity contribution in [2.24, 2.45) is 11.3 Å². The van der Waals surface area contributed by atoms with Crippen LogP contribution in [0.2, 0.25) is 5.02 Å². The monoisotopic (exact) mass is 294 g/mol. The molecule has 1 heterocycles. The molecule has 1 fully saturated rings. The molecule has 1 atom stereocenters. The fourth-order valence-corrected chi connectivity index (χ4v) is 3.50. The molecule has 1 aromatic carbocycles. The molecule has 4 heteroatoms. The Morgan fingerprint density at radius 3 is 2.50 bits per heavy atom. The molecule has 1 aromatic rings. The highest BCUT2D eigenvalue weighted by atomic mass is 35.5. The van der Waals surface area contributed by atoms with Crippen LogP contribution in [0.5, 0.6) is 11.5 Å². The minimum atomic E-state index is 0.0440. The molecule has 3 nitrogen and oxygen atoms in total. The van der Waals surface area contributed by atoms with Crippen molar-refractivity contribution < 1.29 is 14.3 Å². The molecule has 0 amide bonds. The molecule has 0 saturated heterocycles. The molecular weight excluding hydrogens is 276 g/mol. The quantitative estimate of drug-likeness (QED) is 0.770. The van der Waals surface area contributed by atoms with Crippen molar-refractivity contribution in [3.8, 4) is 11.5 Å². The molecule has 0 spiro atoms. The van der Waals surface area contributed by atoms with Gasteiger partial charge in [0.2, 0.25) is 0 Å². The largest absolute Gasteiger partial charge is 0.486 e. The molecule has 2 aliphatic rings. The van der Waals surface area contributed by atoms with E-state index in [1.54, 1.807) is 12.1 Å². The molecule has 0 aromatic heterocycles. The molecular formula is C16H19ClO3. The van der Waals surface area contributed by atoms with Crippen LogP contribution in [-0.4, -0.2) is 19.0 Å². The standard InChI is InChI=1S/C16H19ClO3/c1-16(2)5-3-4-11(16)15(18)10-8-13-14(9-12(10)17)20-7-6-19-13/h8-9,11H,3-7H2,1-2H3. The first-order chi connectivity index (χ1) is 9.49. The second-order valence-corrected chi connectivity index (χ2v) is 6.68. The molecule has 1 aliphatic heterocycles. The summed E-state index contributed by atoms with van der Waals surface area (Å²) in [5, 5.41) is 0.460. The number of ether oxygens (including phenoxy) is 2. The third-order valence-corrected chi connectivity index (χ3v) is 4.78. The predicted octanol–water partition coefficient (Wildman–Crippen LogP) is 4.12. The third kappa shape index (κ3) is 2.28. The van der Waals surface area contributed by atoms with Crippen LogP contribution in [0, 0.1) is 11.3 Å². The van der Waals surface area contributed by atoms with Gasteiger partial charge in [0, 0.05) is 17.5 Å². The van der Waals surface area contributed by atoms with E-state index in [4.69, 9.17) is 21.1 Å². The number of Topliss-reactive ketones (excluding diaryl/α,β-unsaturated/α-hetero) is 1. The Hall–Kier alpha value is -1.22. The minimum absolute atomic E-state index is 0.0440. The number of ketones is 1. The average Bonchev–Trinajstić information content (AvgIpc) is 2.77. The topological polar surface area (TPSA) is 35.5 Å². The van der Waals surface area contributed by atoms with E-state index in [2.05, 4.69) is 13.8 Å². The zero-order valence-corrected chi connectivity index (χ0v) is 12.6. The highest BCUT2D eigenvalue weighted by molar-refractivity contribution is 6.34. The Morgan fingerprint density at radius 2 is 1.90 bits per heavy atom. The van der Waals surface area contributed by atoms with Gasteiger partial charge in [-0.3, -0.25) is 4.79 Å². The van der Waals surface area contributed by atoms with Crippen LogP contribution in [0.4, 0.5) is 0 Å². The Bertz CT molecular complexity index is 551. The minimum Gasteiger partial charge on any atom is -0.486 e. The number of halogens is 1. The Morgan fingerprint density at radius 1 is 1.25 bits per heavy atom. The fraction of sp³-hybridized carbons (Fsp3) is 0.562. The van der Waals surface area contributed by atoms with Gasteiger partial charge in [0.25, 0.3) is 0 Å². The van der Waals surface area contributed by atoms with E-state index in [1.165, 1.54) is 0 Å². The molecule has 0 N–H and O–H groups in total. The smallest absolute Gasteiger partial charge is 0.168 e. The summed E-state index contributed by atoms with van der Waals surface area (Å²) in [6, 6.07) is 3.44. The first-order valence-electron chi connectivity index (χ1n) is 7.12. The second kappa shape index (κ2) is 4.96. The van der Waals surface area contributed by atoms with E-state index in [-0.39, 0.29) is 17.1 Å². The first-order valence-corrected chi connectivity index (χ1v) is 7.50. The van der Waals surface area contributed by atoms with Crippen LogP contribution in [0.3, 0.4) is 0 Å². The number of fused-ring (bicyclic) bond motifs is 1. The summed E-state index contributed by atoms with van der Waals surface area (Å²) in [4.78, 5) is 12.8. The number of benzene rings is 1. The average molecular weight is 295 g/mol. The zero-order valence-electron chi connectivity index (χ0n) is 11.9. The summed E-state index contributed by atoms with van der Waals surface area (Å²) in [6.07, 6.45) is 3.13. The summed E-state index contributed by atoms with van der Waals surface area (Å²) in [7, 11) is 0. The van der Waals surface area contributed by atoms with Crippen molar-refractivity contribution in [2.75, 3.05) is 13.2 Å². The van der Waals surface area contributed by atoms with Gasteiger partial charge in [-0.05, 0) is 24.3 Å². The fourth-order valence-electron chi connectivity index (χ4n) is 3.25. The maximum absolute atomic E-state index is 12.8. The normalized spacial score (nSPS) is 23.6. The van der Waals surface area contributed by atoms with Gasteiger partial charge in [-0.15, -0.1) is 0 Å². The second-order valence-electron chi connectivity index (χ2n) is 6.27. The van der Waals surface area contributed by atoms with Crippen molar-refractivity contribution in [2.45, 2.75) is 33.1 Å². The SMILES string of the molecule is CC1(C)CCCC1C(=O)c1cc2c(cc1Cl)OCCO2. The maximum Gasteiger partial charge on any atom is 0.168 e. The number of rotatable bonds is 2. The molecule has 1 unspecified atom stereocenters. The van der Waals surface area contributed by atoms with Gasteiger partial charge < -0.3 is 9.47 Å². The highest BCUT2D eigenvalue weighted by Crippen LogP contribution is 2.46. The maximum atomic E-state index is 12.8. The molecule has 108 valence electrons. The van der Waals surface area contributed by atoms with E-state index in [9.17, 15) is 4.79 Å². The van der Waals surface area contributed by atoms with E-state index in [0.29, 0.717) is 35.3 Å². The van der Waals surface area contributed by atoms with Crippen LogP contribution in [-0.2, 0) is 0 Å². The molecule has 0 bridgehead atoms. The van der Waals surface area contributed by atoms with Gasteiger partial charge in [-0.1, -0.05) is 31.9 Å². The predicted molar refractivity (Wildman–Crippen MR) is 77.9 cm³/mol. The van der Waals surface area contributed by atoms with Crippen LogP contribution in [0.15, 0.2) is 12.1 Å². The number of hydrogen-bond donors (Lipinski definition) is 0. The van der Waals surface area contributed by atoms with Gasteiger partial charge in [0.05, 0.1) is 5.02 Å². The third-order valence-electron chi connectivity index (χ3n) is 4.47. The van der Waals surface area contributed by atoms with Crippen molar-refractivity contribution in [1.29, 1.82) is 0 Å². The summed E-state index contributed by atoms with van der Waals surface area (Å²) >= 11 is 6.27. The number of carbonyl (C=O) groups excluding carboxylic acids is 1.